The van der Waals surface area contributed by atoms with Crippen LogP contribution in [0.15, 0.2) is 83.3 Å². The van der Waals surface area contributed by atoms with Crippen LogP contribution in [0.1, 0.15) is 25.5 Å². The van der Waals surface area contributed by atoms with Crippen LogP contribution in [0.3, 0.4) is 0 Å². The van der Waals surface area contributed by atoms with Gasteiger partial charge in [-0.1, -0.05) is 55.5 Å². The molecule has 0 bridgehead atoms. The molecule has 0 atom stereocenters. The number of thiocarbonyl (C=S) groups is 1. The standard InChI is InChI=1S/C32H37N7OS/c1-24-14-16-38(17-15-24)29-22-30(39-20-18-37(19-21-39)26-10-6-3-7-11-26)35-31(34-29)36-32(41)33-23-27-12-13-28(40-27)25-8-4-2-5-9-25/h2-13,22,24H,14-21,23H2,1H3,(H2,33,34,35,36,41). The molecule has 0 amide bonds. The summed E-state index contributed by atoms with van der Waals surface area (Å²) in [4.78, 5) is 17.0. The Hall–Kier alpha value is -4.11. The van der Waals surface area contributed by atoms with E-state index in [0.717, 1.165) is 73.9 Å². The number of anilines is 4. The predicted molar refractivity (Wildman–Crippen MR) is 171 cm³/mol. The van der Waals surface area contributed by atoms with Gasteiger partial charge in [0.2, 0.25) is 5.95 Å². The molecule has 2 fully saturated rings. The lowest BCUT2D eigenvalue weighted by Gasteiger charge is -2.37. The molecular weight excluding hydrogens is 530 g/mol. The van der Waals surface area contributed by atoms with Gasteiger partial charge < -0.3 is 29.8 Å². The highest BCUT2D eigenvalue weighted by molar-refractivity contribution is 7.80. The molecular formula is C32H37N7OS. The zero-order chi connectivity index (χ0) is 28.0. The number of furan rings is 1. The van der Waals surface area contributed by atoms with Crippen molar-refractivity contribution in [2.75, 3.05) is 59.3 Å². The van der Waals surface area contributed by atoms with Crippen LogP contribution in [0.5, 0.6) is 0 Å². The predicted octanol–water partition coefficient (Wildman–Crippen LogP) is 5.79. The number of aromatic nitrogens is 2. The zero-order valence-corrected chi connectivity index (χ0v) is 24.3. The highest BCUT2D eigenvalue weighted by Gasteiger charge is 2.23. The first-order valence-corrected chi connectivity index (χ1v) is 14.9. The van der Waals surface area contributed by atoms with Crippen LogP contribution >= 0.6 is 12.2 Å². The molecule has 41 heavy (non-hydrogen) atoms. The number of piperidine rings is 1. The molecule has 6 rings (SSSR count). The second-order valence-corrected chi connectivity index (χ2v) is 11.2. The highest BCUT2D eigenvalue weighted by Crippen LogP contribution is 2.27. The van der Waals surface area contributed by atoms with Crippen molar-refractivity contribution in [2.45, 2.75) is 26.3 Å². The average Bonchev–Trinajstić information content (AvgIpc) is 3.50. The maximum atomic E-state index is 6.02. The minimum Gasteiger partial charge on any atom is -0.459 e. The molecule has 2 N–H and O–H groups in total. The van der Waals surface area contributed by atoms with Gasteiger partial charge in [0.05, 0.1) is 6.54 Å². The Morgan fingerprint density at radius 3 is 2.10 bits per heavy atom. The van der Waals surface area contributed by atoms with E-state index in [-0.39, 0.29) is 0 Å². The van der Waals surface area contributed by atoms with Crippen LogP contribution in [0.2, 0.25) is 0 Å². The van der Waals surface area contributed by atoms with E-state index in [9.17, 15) is 0 Å². The molecule has 212 valence electrons. The number of nitrogens with zero attached hydrogens (tertiary/aromatic N) is 5. The number of piperazine rings is 1. The number of nitrogens with one attached hydrogen (secondary N) is 2. The Morgan fingerprint density at radius 1 is 0.805 bits per heavy atom. The number of benzene rings is 2. The molecule has 4 heterocycles. The second kappa shape index (κ2) is 12.6. The third-order valence-corrected chi connectivity index (χ3v) is 8.15. The smallest absolute Gasteiger partial charge is 0.232 e. The topological polar surface area (TPSA) is 72.7 Å². The summed E-state index contributed by atoms with van der Waals surface area (Å²) in [5, 5.41) is 6.96. The molecule has 2 aromatic heterocycles. The Balaban J connectivity index is 1.13. The van der Waals surface area contributed by atoms with Crippen LogP contribution < -0.4 is 25.3 Å². The van der Waals surface area contributed by atoms with E-state index >= 15 is 0 Å². The van der Waals surface area contributed by atoms with Crippen LogP contribution in [-0.2, 0) is 6.54 Å². The molecule has 2 aliphatic rings. The first kappa shape index (κ1) is 27.1. The van der Waals surface area contributed by atoms with Crippen LogP contribution in [0.4, 0.5) is 23.3 Å². The lowest BCUT2D eigenvalue weighted by molar-refractivity contribution is 0.436. The van der Waals surface area contributed by atoms with Crippen molar-refractivity contribution in [2.24, 2.45) is 5.92 Å². The Bertz CT molecular complexity index is 1430. The van der Waals surface area contributed by atoms with Crippen molar-refractivity contribution < 1.29 is 4.42 Å². The molecule has 0 saturated carbocycles. The molecule has 2 aromatic carbocycles. The summed E-state index contributed by atoms with van der Waals surface area (Å²) in [6.45, 7) is 8.49. The van der Waals surface area contributed by atoms with E-state index in [1.165, 1.54) is 18.5 Å². The van der Waals surface area contributed by atoms with Gasteiger partial charge in [-0.05, 0) is 55.2 Å². The summed E-state index contributed by atoms with van der Waals surface area (Å²) in [7, 11) is 0. The van der Waals surface area contributed by atoms with Gasteiger partial charge in [-0.15, -0.1) is 0 Å². The fourth-order valence-corrected chi connectivity index (χ4v) is 5.58. The Kier molecular flexibility index (Phi) is 8.32. The maximum absolute atomic E-state index is 6.02. The molecule has 2 saturated heterocycles. The average molecular weight is 568 g/mol. The van der Waals surface area contributed by atoms with Crippen molar-refractivity contribution in [3.63, 3.8) is 0 Å². The fourth-order valence-electron chi connectivity index (χ4n) is 5.42. The largest absolute Gasteiger partial charge is 0.459 e. The normalized spacial score (nSPS) is 16.1. The van der Waals surface area contributed by atoms with E-state index in [4.69, 9.17) is 26.6 Å². The third kappa shape index (κ3) is 6.79. The van der Waals surface area contributed by atoms with Gasteiger partial charge in [-0.2, -0.15) is 9.97 Å². The van der Waals surface area contributed by atoms with Crippen LogP contribution in [0, 0.1) is 5.92 Å². The molecule has 0 unspecified atom stereocenters. The van der Waals surface area contributed by atoms with Crippen molar-refractivity contribution >= 4 is 40.6 Å². The van der Waals surface area contributed by atoms with Crippen molar-refractivity contribution in [1.82, 2.24) is 15.3 Å². The number of para-hydroxylation sites is 1. The van der Waals surface area contributed by atoms with E-state index in [1.54, 1.807) is 0 Å². The third-order valence-electron chi connectivity index (χ3n) is 7.90. The van der Waals surface area contributed by atoms with E-state index in [1.807, 2.05) is 42.5 Å². The number of hydrogen-bond acceptors (Lipinski definition) is 7. The van der Waals surface area contributed by atoms with Gasteiger partial charge in [0.1, 0.15) is 23.2 Å². The minimum atomic E-state index is 0.465. The Morgan fingerprint density at radius 2 is 1.41 bits per heavy atom. The summed E-state index contributed by atoms with van der Waals surface area (Å²) in [5.41, 5.74) is 2.32. The van der Waals surface area contributed by atoms with Gasteiger partial charge >= 0.3 is 0 Å². The van der Waals surface area contributed by atoms with E-state index < -0.39 is 0 Å². The second-order valence-electron chi connectivity index (χ2n) is 10.8. The van der Waals surface area contributed by atoms with Crippen molar-refractivity contribution in [1.29, 1.82) is 0 Å². The maximum Gasteiger partial charge on any atom is 0.232 e. The monoisotopic (exact) mass is 567 g/mol. The van der Waals surface area contributed by atoms with Crippen molar-refractivity contribution in [3.05, 3.63) is 84.6 Å². The number of hydrogen-bond donors (Lipinski definition) is 2. The summed E-state index contributed by atoms with van der Waals surface area (Å²) < 4.78 is 6.02. The Labute approximate surface area is 247 Å². The SMILES string of the molecule is CC1CCN(c2cc(N3CCN(c4ccccc4)CC3)nc(NC(=S)NCc3ccc(-c4ccccc4)o3)n2)CC1. The van der Waals surface area contributed by atoms with Gasteiger partial charge in [0, 0.05) is 56.6 Å². The first-order valence-electron chi connectivity index (χ1n) is 14.5. The summed E-state index contributed by atoms with van der Waals surface area (Å²) in [6, 6.07) is 26.8. The lowest BCUT2D eigenvalue weighted by atomic mass is 9.99. The van der Waals surface area contributed by atoms with Gasteiger partial charge in [0.25, 0.3) is 0 Å². The number of rotatable bonds is 7. The van der Waals surface area contributed by atoms with Gasteiger partial charge in [-0.25, -0.2) is 0 Å². The summed E-state index contributed by atoms with van der Waals surface area (Å²) in [6.07, 6.45) is 2.35. The van der Waals surface area contributed by atoms with Crippen molar-refractivity contribution in [3.8, 4) is 11.3 Å². The fraction of sp³-hybridized carbons (Fsp3) is 0.344. The van der Waals surface area contributed by atoms with Crippen LogP contribution in [-0.4, -0.2) is 54.3 Å². The zero-order valence-electron chi connectivity index (χ0n) is 23.5. The lowest BCUT2D eigenvalue weighted by Crippen LogP contribution is -2.47. The molecule has 8 nitrogen and oxygen atoms in total. The molecule has 0 spiro atoms. The van der Waals surface area contributed by atoms with Gasteiger partial charge in [-0.3, -0.25) is 0 Å². The quantitative estimate of drug-likeness (QED) is 0.270. The molecule has 2 aliphatic heterocycles. The molecule has 9 heteroatoms. The molecule has 0 radical (unpaired) electrons. The molecule has 4 aromatic rings. The first-order chi connectivity index (χ1) is 20.1. The summed E-state index contributed by atoms with van der Waals surface area (Å²) in [5.74, 6) is 4.80. The van der Waals surface area contributed by atoms with Crippen LogP contribution in [0.25, 0.3) is 11.3 Å². The van der Waals surface area contributed by atoms with E-state index in [2.05, 4.69) is 68.7 Å². The minimum absolute atomic E-state index is 0.465. The van der Waals surface area contributed by atoms with E-state index in [0.29, 0.717) is 17.6 Å². The summed E-state index contributed by atoms with van der Waals surface area (Å²) >= 11 is 5.64. The molecule has 0 aliphatic carbocycles. The highest BCUT2D eigenvalue weighted by atomic mass is 32.1. The van der Waals surface area contributed by atoms with Gasteiger partial charge in [0.15, 0.2) is 5.11 Å².